The number of amides is 1. The van der Waals surface area contributed by atoms with Gasteiger partial charge in [-0.25, -0.2) is 4.39 Å². The Labute approximate surface area is 116 Å². The molecule has 0 unspecified atom stereocenters. The summed E-state index contributed by atoms with van der Waals surface area (Å²) in [6.07, 6.45) is 0. The second kappa shape index (κ2) is 5.21. The molecule has 0 fully saturated rings. The number of benzene rings is 2. The molecule has 0 aliphatic carbocycles. The van der Waals surface area contributed by atoms with Crippen molar-refractivity contribution in [2.24, 2.45) is 0 Å². The first-order valence-electron chi connectivity index (χ1n) is 6.03. The zero-order chi connectivity index (χ0) is 14.9. The number of nitrogens with two attached hydrogens (primary N) is 1. The van der Waals surface area contributed by atoms with E-state index in [9.17, 15) is 14.3 Å². The summed E-state index contributed by atoms with van der Waals surface area (Å²) in [5, 5.41) is 9.23. The SMILES string of the molecule is Cc1c(N)cc(C(=O)N(C)c2ccc(O)cc2)cc1F. The topological polar surface area (TPSA) is 66.6 Å². The Hall–Kier alpha value is -2.56. The van der Waals surface area contributed by atoms with Crippen LogP contribution >= 0.6 is 0 Å². The van der Waals surface area contributed by atoms with Gasteiger partial charge in [0.1, 0.15) is 11.6 Å². The number of halogens is 1. The van der Waals surface area contributed by atoms with Gasteiger partial charge >= 0.3 is 0 Å². The monoisotopic (exact) mass is 274 g/mol. The molecule has 2 aromatic carbocycles. The molecule has 0 atom stereocenters. The number of anilines is 2. The van der Waals surface area contributed by atoms with Gasteiger partial charge in [0.2, 0.25) is 0 Å². The summed E-state index contributed by atoms with van der Waals surface area (Å²) in [7, 11) is 1.57. The second-order valence-corrected chi connectivity index (χ2v) is 4.55. The van der Waals surface area contributed by atoms with Crippen LogP contribution in [0.3, 0.4) is 0 Å². The van der Waals surface area contributed by atoms with Crippen LogP contribution < -0.4 is 10.6 Å². The third-order valence-electron chi connectivity index (χ3n) is 3.17. The van der Waals surface area contributed by atoms with Gasteiger partial charge in [-0.05, 0) is 43.3 Å². The van der Waals surface area contributed by atoms with Gasteiger partial charge in [0, 0.05) is 29.5 Å². The molecule has 2 rings (SSSR count). The molecule has 4 nitrogen and oxygen atoms in total. The molecular formula is C15H15FN2O2. The summed E-state index contributed by atoms with van der Waals surface area (Å²) >= 11 is 0. The Balaban J connectivity index is 2.33. The predicted molar refractivity (Wildman–Crippen MR) is 76.4 cm³/mol. The van der Waals surface area contributed by atoms with Gasteiger partial charge in [0.05, 0.1) is 0 Å². The fourth-order valence-corrected chi connectivity index (χ4v) is 1.81. The number of aromatic hydroxyl groups is 1. The van der Waals surface area contributed by atoms with Crippen molar-refractivity contribution in [2.75, 3.05) is 17.7 Å². The van der Waals surface area contributed by atoms with E-state index in [-0.39, 0.29) is 22.9 Å². The van der Waals surface area contributed by atoms with Gasteiger partial charge in [0.25, 0.3) is 5.91 Å². The molecule has 0 saturated heterocycles. The Morgan fingerprint density at radius 2 is 1.85 bits per heavy atom. The Kier molecular flexibility index (Phi) is 3.61. The van der Waals surface area contributed by atoms with Gasteiger partial charge in [-0.1, -0.05) is 0 Å². The lowest BCUT2D eigenvalue weighted by Gasteiger charge is -2.18. The summed E-state index contributed by atoms with van der Waals surface area (Å²) in [4.78, 5) is 13.7. The molecule has 2 aromatic rings. The minimum atomic E-state index is -0.507. The van der Waals surface area contributed by atoms with Crippen LogP contribution in [0.25, 0.3) is 0 Å². The van der Waals surface area contributed by atoms with Gasteiger partial charge < -0.3 is 15.7 Å². The number of rotatable bonds is 2. The van der Waals surface area contributed by atoms with Crippen LogP contribution in [0.1, 0.15) is 15.9 Å². The maximum atomic E-state index is 13.6. The second-order valence-electron chi connectivity index (χ2n) is 4.55. The lowest BCUT2D eigenvalue weighted by Crippen LogP contribution is -2.26. The average Bonchev–Trinajstić information content (AvgIpc) is 2.43. The number of nitrogen functional groups attached to an aromatic ring is 1. The molecule has 3 N–H and O–H groups in total. The summed E-state index contributed by atoms with van der Waals surface area (Å²) < 4.78 is 13.6. The highest BCUT2D eigenvalue weighted by Gasteiger charge is 2.16. The van der Waals surface area contributed by atoms with E-state index in [0.717, 1.165) is 0 Å². The summed E-state index contributed by atoms with van der Waals surface area (Å²) in [6.45, 7) is 1.56. The third-order valence-corrected chi connectivity index (χ3v) is 3.17. The number of hydrogen-bond donors (Lipinski definition) is 2. The first-order chi connectivity index (χ1) is 9.40. The van der Waals surface area contributed by atoms with Gasteiger partial charge in [-0.15, -0.1) is 0 Å². The number of carbonyl (C=O) groups is 1. The quantitative estimate of drug-likeness (QED) is 0.827. The highest BCUT2D eigenvalue weighted by atomic mass is 19.1. The molecule has 5 heteroatoms. The van der Waals surface area contributed by atoms with Crippen LogP contribution in [0.5, 0.6) is 5.75 Å². The summed E-state index contributed by atoms with van der Waals surface area (Å²) in [5.41, 5.74) is 7.02. The standard InChI is InChI=1S/C15H15FN2O2/c1-9-13(16)7-10(8-14(9)17)15(20)18(2)11-3-5-12(19)6-4-11/h3-8,19H,17H2,1-2H3. The van der Waals surface area contributed by atoms with Gasteiger partial charge in [-0.2, -0.15) is 0 Å². The smallest absolute Gasteiger partial charge is 0.258 e. The van der Waals surface area contributed by atoms with Crippen molar-refractivity contribution < 1.29 is 14.3 Å². The van der Waals surface area contributed by atoms with E-state index in [1.54, 1.807) is 26.1 Å². The van der Waals surface area contributed by atoms with Crippen LogP contribution in [0.15, 0.2) is 36.4 Å². The van der Waals surface area contributed by atoms with Crippen molar-refractivity contribution in [2.45, 2.75) is 6.92 Å². The van der Waals surface area contributed by atoms with Crippen molar-refractivity contribution in [3.8, 4) is 5.75 Å². The molecule has 0 aliphatic heterocycles. The first-order valence-corrected chi connectivity index (χ1v) is 6.03. The fraction of sp³-hybridized carbons (Fsp3) is 0.133. The molecule has 0 aliphatic rings. The fourth-order valence-electron chi connectivity index (χ4n) is 1.81. The number of phenols is 1. The molecular weight excluding hydrogens is 259 g/mol. The van der Waals surface area contributed by atoms with E-state index < -0.39 is 5.82 Å². The van der Waals surface area contributed by atoms with Crippen molar-refractivity contribution in [1.82, 2.24) is 0 Å². The molecule has 1 amide bonds. The maximum absolute atomic E-state index is 13.6. The maximum Gasteiger partial charge on any atom is 0.258 e. The lowest BCUT2D eigenvalue weighted by atomic mass is 10.1. The molecule has 0 aromatic heterocycles. The van der Waals surface area contributed by atoms with E-state index in [4.69, 9.17) is 5.73 Å². The van der Waals surface area contributed by atoms with Gasteiger partial charge in [0.15, 0.2) is 0 Å². The van der Waals surface area contributed by atoms with Crippen LogP contribution in [0.4, 0.5) is 15.8 Å². The first kappa shape index (κ1) is 13.9. The van der Waals surface area contributed by atoms with E-state index in [0.29, 0.717) is 11.3 Å². The average molecular weight is 274 g/mol. The molecule has 0 heterocycles. The predicted octanol–water partition coefficient (Wildman–Crippen LogP) is 2.70. The normalized spacial score (nSPS) is 10.3. The highest BCUT2D eigenvalue weighted by molar-refractivity contribution is 6.06. The Bertz CT molecular complexity index is 630. The van der Waals surface area contributed by atoms with Crippen molar-refractivity contribution in [3.05, 3.63) is 53.3 Å². The van der Waals surface area contributed by atoms with E-state index in [1.165, 1.54) is 29.2 Å². The van der Waals surface area contributed by atoms with Crippen LogP contribution in [-0.4, -0.2) is 18.1 Å². The van der Waals surface area contributed by atoms with Crippen molar-refractivity contribution in [3.63, 3.8) is 0 Å². The van der Waals surface area contributed by atoms with Crippen LogP contribution in [0, 0.1) is 12.7 Å². The van der Waals surface area contributed by atoms with E-state index in [2.05, 4.69) is 0 Å². The molecule has 0 bridgehead atoms. The summed E-state index contributed by atoms with van der Waals surface area (Å²) in [5.74, 6) is -0.769. The number of carbonyl (C=O) groups excluding carboxylic acids is 1. The highest BCUT2D eigenvalue weighted by Crippen LogP contribution is 2.22. The number of phenolic OH excluding ortho intramolecular Hbond substituents is 1. The minimum Gasteiger partial charge on any atom is -0.508 e. The van der Waals surface area contributed by atoms with Gasteiger partial charge in [-0.3, -0.25) is 4.79 Å². The number of nitrogens with zero attached hydrogens (tertiary/aromatic N) is 1. The molecule has 20 heavy (non-hydrogen) atoms. The third kappa shape index (κ3) is 2.56. The van der Waals surface area contributed by atoms with Crippen molar-refractivity contribution >= 4 is 17.3 Å². The van der Waals surface area contributed by atoms with Crippen LogP contribution in [-0.2, 0) is 0 Å². The van der Waals surface area contributed by atoms with Crippen LogP contribution in [0.2, 0.25) is 0 Å². The Morgan fingerprint density at radius 3 is 2.40 bits per heavy atom. The van der Waals surface area contributed by atoms with E-state index in [1.807, 2.05) is 0 Å². The number of hydrogen-bond acceptors (Lipinski definition) is 3. The molecule has 0 radical (unpaired) electrons. The zero-order valence-electron chi connectivity index (χ0n) is 11.2. The summed E-state index contributed by atoms with van der Waals surface area (Å²) in [6, 6.07) is 8.78. The molecule has 0 spiro atoms. The van der Waals surface area contributed by atoms with Crippen molar-refractivity contribution in [1.29, 1.82) is 0 Å². The Morgan fingerprint density at radius 1 is 1.25 bits per heavy atom. The molecule has 0 saturated carbocycles. The zero-order valence-corrected chi connectivity index (χ0v) is 11.2. The van der Waals surface area contributed by atoms with E-state index >= 15 is 0 Å². The lowest BCUT2D eigenvalue weighted by molar-refractivity contribution is 0.0992. The molecule has 104 valence electrons. The largest absolute Gasteiger partial charge is 0.508 e. The minimum absolute atomic E-state index is 0.111.